The Labute approximate surface area is 354 Å². The third-order valence-electron chi connectivity index (χ3n) is 0.968. The van der Waals surface area contributed by atoms with Crippen molar-refractivity contribution in [2.24, 2.45) is 4.58 Å². The van der Waals surface area contributed by atoms with E-state index >= 15 is 0 Å². The third-order valence-corrected chi connectivity index (χ3v) is 2.04. The topological polar surface area (TPSA) is 119 Å². The zero-order chi connectivity index (χ0) is 21.0. The molecule has 0 atom stereocenters. The van der Waals surface area contributed by atoms with E-state index in [2.05, 4.69) is 72.1 Å². The van der Waals surface area contributed by atoms with Gasteiger partial charge in [0, 0.05) is 61.3 Å². The van der Waals surface area contributed by atoms with Crippen LogP contribution in [0.3, 0.4) is 0 Å². The quantitative estimate of drug-likeness (QED) is 0.0897. The van der Waals surface area contributed by atoms with E-state index in [4.69, 9.17) is 15.6 Å². The van der Waals surface area contributed by atoms with Gasteiger partial charge in [-0.1, -0.05) is 10.9 Å². The standard InChI is InChI=1S/C5H8O2S.C4H5NO3S.C2H3O2.BI3.2Rb.3Re.3Rf/c1-4(6)7-5(2)8-3;1-3(6)8-4(2)9-5-7;1-2(3)4;1-4(2)3;;;;;;;;/h1H2,2-3H3;1H2,2H3;1H2,(H,3,4);;;;;;;;;/q2*-2;-1;;2*+1;;;;;;. The number of nitrogens with zero attached hydrogens (tertiary/aromatic N) is 1. The van der Waals surface area contributed by atoms with Gasteiger partial charge in [0.05, 0.1) is 0 Å². The van der Waals surface area contributed by atoms with E-state index in [1.54, 1.807) is 6.92 Å². The maximum Gasteiger partial charge on any atom is 1.00 e. The number of ether oxygens (including phenoxy) is 2. The Morgan fingerprint density at radius 3 is 1.27 bits per heavy atom. The minimum Gasteiger partial charge on any atom is -0.646 e. The molecule has 5 radical (unpaired) electrons. The van der Waals surface area contributed by atoms with E-state index in [9.17, 15) is 14.5 Å². The van der Waals surface area contributed by atoms with Crippen molar-refractivity contribution in [2.75, 3.05) is 6.26 Å². The number of aliphatic carboxylic acids is 1. The molecule has 0 rings (SSSR count). The van der Waals surface area contributed by atoms with Crippen molar-refractivity contribution in [2.45, 2.75) is 13.8 Å². The molecule has 8 nitrogen and oxygen atoms in total. The van der Waals surface area contributed by atoms with Gasteiger partial charge in [-0.3, -0.25) is 21.3 Å². The summed E-state index contributed by atoms with van der Waals surface area (Å²) in [5.74, 6) is -2.28. The molecule has 0 aromatic rings. The summed E-state index contributed by atoms with van der Waals surface area (Å²) in [6, 6.07) is 0. The van der Waals surface area contributed by atoms with Gasteiger partial charge in [-0.25, -0.2) is 0 Å². The van der Waals surface area contributed by atoms with Gasteiger partial charge >= 0.3 is 171 Å². The van der Waals surface area contributed by atoms with Crippen LogP contribution >= 0.6 is 72.6 Å². The van der Waals surface area contributed by atoms with Crippen molar-refractivity contribution >= 4 is 96.2 Å². The van der Waals surface area contributed by atoms with Gasteiger partial charge in [0.1, 0.15) is 11.9 Å². The molecule has 0 aliphatic rings. The number of carbonyl (C=O) groups is 3. The summed E-state index contributed by atoms with van der Waals surface area (Å²) >= 11 is 5.65. The van der Waals surface area contributed by atoms with Crippen LogP contribution in [0.5, 0.6) is 0 Å². The summed E-state index contributed by atoms with van der Waals surface area (Å²) < 4.78 is 11.3. The molecule has 22 heteroatoms. The van der Waals surface area contributed by atoms with Gasteiger partial charge in [0.2, 0.25) is 0 Å². The van der Waals surface area contributed by atoms with Crippen LogP contribution in [-0.2, 0) is 85.1 Å². The van der Waals surface area contributed by atoms with Crippen LogP contribution in [0.1, 0.15) is 13.8 Å². The molecule has 0 fully saturated rings. The number of hydrogen-bond acceptors (Lipinski definition) is 9. The van der Waals surface area contributed by atoms with Crippen LogP contribution < -0.4 is 116 Å². The summed E-state index contributed by atoms with van der Waals surface area (Å²) in [7, 11) is 0. The molecule has 0 heterocycles. The van der Waals surface area contributed by atoms with E-state index in [1.807, 2.05) is 6.26 Å². The van der Waals surface area contributed by atoms with Gasteiger partial charge < -0.3 is 40.2 Å². The molecule has 0 bridgehead atoms. The van der Waals surface area contributed by atoms with Gasteiger partial charge in [-0.15, -0.1) is 30.7 Å². The van der Waals surface area contributed by atoms with Gasteiger partial charge in [-0.2, -0.15) is 0 Å². The molecule has 0 aromatic heterocycles. The molecule has 33 heavy (non-hydrogen) atoms. The first-order chi connectivity index (χ1) is 11.3. The van der Waals surface area contributed by atoms with Crippen LogP contribution in [0.15, 0.2) is 4.58 Å². The molecule has 0 saturated heterocycles. The van der Waals surface area contributed by atoms with Crippen LogP contribution in [0, 0.1) is 36.6 Å². The molecule has 0 amide bonds. The van der Waals surface area contributed by atoms with E-state index in [-0.39, 0.29) is 183 Å². The number of hydrogen-bond donors (Lipinski definition) is 1. The molecule has 175 valence electrons. The summed E-state index contributed by atoms with van der Waals surface area (Å²) in [5, 5.41) is 7.31. The number of halogens is 3. The fourth-order valence-electron chi connectivity index (χ4n) is 0.433. The Balaban J connectivity index is -0.0000000172. The van der Waals surface area contributed by atoms with E-state index < -0.39 is 29.6 Å². The van der Waals surface area contributed by atoms with Gasteiger partial charge in [-0.05, 0) is 10.8 Å². The van der Waals surface area contributed by atoms with Crippen LogP contribution in [0.25, 0.3) is 0 Å². The average molecular weight is 2260 g/mol. The predicted molar refractivity (Wildman–Crippen MR) is 128 cm³/mol. The van der Waals surface area contributed by atoms with Gasteiger partial charge in [0.25, 0.3) is 0 Å². The fraction of sp³-hybridized carbons (Fsp3) is 0.273. The normalized spacial score (nSPS) is 6.82. The van der Waals surface area contributed by atoms with E-state index in [0.717, 1.165) is 0 Å². The van der Waals surface area contributed by atoms with Crippen molar-refractivity contribution in [3.8, 4) is 0 Å². The number of thioether (sulfide) groups is 1. The number of nitroso groups, excluding NO2 is 1. The number of carbonyl (C=O) groups excluding carboxylic acids is 2. The molecule has 0 aliphatic heterocycles. The SMILES string of the molecule is [B]I(I)I.[CH2-]C(=O)O.[CH2-]C(=O)O[C-](C)SC.[CH2-]C(=O)O[C-](C)SN=O.[Rb+].[Rb+].[Re].[Re].[Re].[Rf].[Rf].[Rf]. The minimum atomic E-state index is -1.08. The maximum atomic E-state index is 10.0. The average Bonchev–Trinajstić information content (AvgIpc) is 2.36. The molecule has 0 aliphatic carbocycles. The third kappa shape index (κ3) is 148. The smallest absolute Gasteiger partial charge is 0.646 e. The van der Waals surface area contributed by atoms with Crippen LogP contribution in [0.4, 0.5) is 0 Å². The minimum absolute atomic E-state index is 0. The summed E-state index contributed by atoms with van der Waals surface area (Å²) in [5.41, 5.74) is 6.06. The van der Waals surface area contributed by atoms with Gasteiger partial charge in [0.15, 0.2) is 5.97 Å². The predicted octanol–water partition coefficient (Wildman–Crippen LogP) is -1.29. The second-order valence-corrected chi connectivity index (χ2v) is 28.3. The number of esters is 2. The number of rotatable bonds is 5. The molecule has 0 spiro atoms. The second-order valence-electron chi connectivity index (χ2n) is 2.91. The Hall–Kier alpha value is 3.17. The number of carboxylic acid groups (broad SMARTS) is 1. The number of carboxylic acids is 1. The molecular weight excluding hydrogens is 2240 g/mol. The molecule has 0 saturated carbocycles. The largest absolute Gasteiger partial charge is 1.00 e. The summed E-state index contributed by atoms with van der Waals surface area (Å²) in [6.45, 7) is 11.7. The molecule has 0 aromatic carbocycles. The van der Waals surface area contributed by atoms with E-state index in [1.165, 1.54) is 18.7 Å². The van der Waals surface area contributed by atoms with Crippen LogP contribution in [0.2, 0.25) is 0 Å². The first kappa shape index (κ1) is 76.6. The summed E-state index contributed by atoms with van der Waals surface area (Å²) in [6.07, 6.45) is 1.83. The Kier molecular flexibility index (Phi) is 139. The zero-order valence-corrected chi connectivity index (χ0v) is 64.0. The Bertz CT molecular complexity index is 414. The van der Waals surface area contributed by atoms with Crippen molar-refractivity contribution in [1.29, 1.82) is 0 Å². The van der Waals surface area contributed by atoms with Crippen molar-refractivity contribution < 1.29 is 207 Å². The van der Waals surface area contributed by atoms with E-state index in [0.29, 0.717) is 17.4 Å². The van der Waals surface area contributed by atoms with Crippen molar-refractivity contribution in [1.82, 2.24) is 0 Å². The van der Waals surface area contributed by atoms with Crippen molar-refractivity contribution in [3.05, 3.63) is 36.6 Å². The fourth-order valence-corrected chi connectivity index (χ4v) is 0.845. The maximum absolute atomic E-state index is 10.0. The first-order valence-corrected chi connectivity index (χ1v) is 21.2. The molecule has 1 N–H and O–H groups in total. The van der Waals surface area contributed by atoms with Crippen LogP contribution in [-0.4, -0.2) is 35.0 Å². The van der Waals surface area contributed by atoms with Crippen molar-refractivity contribution in [3.63, 3.8) is 0 Å². The summed E-state index contributed by atoms with van der Waals surface area (Å²) in [4.78, 5) is 38.4. The first-order valence-electron chi connectivity index (χ1n) is 5.40. The Morgan fingerprint density at radius 1 is 0.939 bits per heavy atom. The second kappa shape index (κ2) is 60.0. The monoisotopic (exact) mass is 2260 g/mol. The zero-order valence-electron chi connectivity index (χ0n) is 18.7. The molecular formula is C11H16BI3NO7Rb2Re3Rf3S2-3. The Morgan fingerprint density at radius 2 is 1.15 bits per heavy atom. The molecule has 0 unspecified atom stereocenters.